The molecule has 0 amide bonds. The summed E-state index contributed by atoms with van der Waals surface area (Å²) in [6.45, 7) is 1.51. The molecule has 0 radical (unpaired) electrons. The maximum absolute atomic E-state index is 12.9. The Kier molecular flexibility index (Phi) is 2.43. The number of halogens is 2. The molecule has 0 aliphatic carbocycles. The van der Waals surface area contributed by atoms with Gasteiger partial charge in [0.05, 0.1) is 10.7 Å². The van der Waals surface area contributed by atoms with Crippen molar-refractivity contribution in [2.24, 2.45) is 0 Å². The predicted molar refractivity (Wildman–Crippen MR) is 47.5 cm³/mol. The molecule has 3 nitrogen and oxygen atoms in total. The van der Waals surface area contributed by atoms with E-state index in [1.54, 1.807) is 0 Å². The Hall–Kier alpha value is -1.29. The summed E-state index contributed by atoms with van der Waals surface area (Å²) >= 11 is 5.64. The van der Waals surface area contributed by atoms with E-state index in [2.05, 4.69) is 0 Å². The zero-order chi connectivity index (χ0) is 10.2. The van der Waals surface area contributed by atoms with Crippen molar-refractivity contribution in [3.05, 3.63) is 28.0 Å². The van der Waals surface area contributed by atoms with Crippen LogP contribution in [0.25, 0.3) is 0 Å². The van der Waals surface area contributed by atoms with Crippen LogP contribution in [0.3, 0.4) is 0 Å². The molecule has 1 rings (SSSR count). The topological polar surface area (TPSA) is 63.3 Å². The highest BCUT2D eigenvalue weighted by Crippen LogP contribution is 2.28. The minimum absolute atomic E-state index is 0.0219. The summed E-state index contributed by atoms with van der Waals surface area (Å²) in [7, 11) is 0. The van der Waals surface area contributed by atoms with E-state index < -0.39 is 17.5 Å². The van der Waals surface area contributed by atoms with Gasteiger partial charge in [-0.05, 0) is 18.6 Å². The lowest BCUT2D eigenvalue weighted by molar-refractivity contribution is 0.0697. The van der Waals surface area contributed by atoms with E-state index in [1.807, 2.05) is 0 Å². The van der Waals surface area contributed by atoms with Crippen molar-refractivity contribution in [1.82, 2.24) is 0 Å². The standard InChI is InChI=1S/C8H7ClFNO2/c1-3-2-4(10)7(11)5(6(3)9)8(12)13/h2H,11H2,1H3,(H,12,13). The number of carbonyl (C=O) groups is 1. The van der Waals surface area contributed by atoms with Crippen molar-refractivity contribution in [2.75, 3.05) is 5.73 Å². The van der Waals surface area contributed by atoms with E-state index in [0.717, 1.165) is 6.07 Å². The summed E-state index contributed by atoms with van der Waals surface area (Å²) in [4.78, 5) is 10.6. The van der Waals surface area contributed by atoms with Gasteiger partial charge in [-0.1, -0.05) is 11.6 Å². The molecular weight excluding hydrogens is 197 g/mol. The van der Waals surface area contributed by atoms with E-state index in [-0.39, 0.29) is 10.6 Å². The Morgan fingerprint density at radius 3 is 2.69 bits per heavy atom. The number of carboxylic acids is 1. The first kappa shape index (κ1) is 9.80. The number of benzene rings is 1. The maximum Gasteiger partial charge on any atom is 0.339 e. The van der Waals surface area contributed by atoms with Crippen LogP contribution in [0.15, 0.2) is 6.07 Å². The van der Waals surface area contributed by atoms with E-state index >= 15 is 0 Å². The Morgan fingerprint density at radius 2 is 2.23 bits per heavy atom. The number of anilines is 1. The number of nitrogen functional groups attached to an aromatic ring is 1. The third kappa shape index (κ3) is 1.58. The summed E-state index contributed by atoms with van der Waals surface area (Å²) < 4.78 is 12.9. The number of nitrogens with two attached hydrogens (primary N) is 1. The number of rotatable bonds is 1. The summed E-state index contributed by atoms with van der Waals surface area (Å²) in [5.74, 6) is -2.09. The van der Waals surface area contributed by atoms with Crippen molar-refractivity contribution in [1.29, 1.82) is 0 Å². The Bertz CT molecular complexity index is 353. The SMILES string of the molecule is Cc1cc(F)c(N)c(C(=O)O)c1Cl. The number of aryl methyl sites for hydroxylation is 1. The molecule has 0 spiro atoms. The fraction of sp³-hybridized carbons (Fsp3) is 0.125. The van der Waals surface area contributed by atoms with Gasteiger partial charge in [-0.25, -0.2) is 9.18 Å². The quantitative estimate of drug-likeness (QED) is 0.687. The van der Waals surface area contributed by atoms with Crippen molar-refractivity contribution in [2.45, 2.75) is 6.92 Å². The number of aromatic carboxylic acids is 1. The second-order valence-corrected chi connectivity index (χ2v) is 2.96. The first-order valence-electron chi connectivity index (χ1n) is 3.42. The molecule has 3 N–H and O–H groups in total. The summed E-state index contributed by atoms with van der Waals surface area (Å²) in [6.07, 6.45) is 0. The van der Waals surface area contributed by atoms with Gasteiger partial charge in [-0.3, -0.25) is 0 Å². The average Bonchev–Trinajstić information content (AvgIpc) is 2.01. The minimum Gasteiger partial charge on any atom is -0.478 e. The molecule has 0 aliphatic heterocycles. The maximum atomic E-state index is 12.9. The van der Waals surface area contributed by atoms with E-state index in [1.165, 1.54) is 6.92 Å². The highest BCUT2D eigenvalue weighted by molar-refractivity contribution is 6.35. The van der Waals surface area contributed by atoms with Crippen LogP contribution in [-0.2, 0) is 0 Å². The number of carboxylic acid groups (broad SMARTS) is 1. The summed E-state index contributed by atoms with van der Waals surface area (Å²) in [5, 5.41) is 8.64. The second kappa shape index (κ2) is 3.22. The van der Waals surface area contributed by atoms with Crippen LogP contribution in [0.1, 0.15) is 15.9 Å². The Labute approximate surface area is 78.9 Å². The van der Waals surface area contributed by atoms with E-state index in [9.17, 15) is 9.18 Å². The van der Waals surface area contributed by atoms with Gasteiger partial charge in [0.25, 0.3) is 0 Å². The Morgan fingerprint density at radius 1 is 1.69 bits per heavy atom. The predicted octanol–water partition coefficient (Wildman–Crippen LogP) is 2.07. The number of hydrogen-bond acceptors (Lipinski definition) is 2. The van der Waals surface area contributed by atoms with Gasteiger partial charge >= 0.3 is 5.97 Å². The normalized spacial score (nSPS) is 10.1. The minimum atomic E-state index is -1.33. The van der Waals surface area contributed by atoms with Crippen molar-refractivity contribution < 1.29 is 14.3 Å². The van der Waals surface area contributed by atoms with Crippen LogP contribution in [0.2, 0.25) is 5.02 Å². The molecule has 1 aromatic carbocycles. The molecule has 0 unspecified atom stereocenters. The average molecular weight is 204 g/mol. The molecule has 0 saturated carbocycles. The first-order chi connectivity index (χ1) is 5.95. The molecule has 0 saturated heterocycles. The lowest BCUT2D eigenvalue weighted by atomic mass is 10.1. The van der Waals surface area contributed by atoms with Crippen LogP contribution in [0.4, 0.5) is 10.1 Å². The fourth-order valence-corrected chi connectivity index (χ4v) is 1.21. The molecule has 0 heterocycles. The fourth-order valence-electron chi connectivity index (χ4n) is 0.975. The summed E-state index contributed by atoms with van der Waals surface area (Å²) in [6, 6.07) is 1.10. The van der Waals surface area contributed by atoms with Gasteiger partial charge in [0.2, 0.25) is 0 Å². The molecule has 70 valence electrons. The molecule has 0 aliphatic rings. The van der Waals surface area contributed by atoms with Gasteiger partial charge in [0.15, 0.2) is 0 Å². The van der Waals surface area contributed by atoms with Gasteiger partial charge in [-0.2, -0.15) is 0 Å². The molecule has 5 heteroatoms. The van der Waals surface area contributed by atoms with Crippen LogP contribution < -0.4 is 5.73 Å². The van der Waals surface area contributed by atoms with E-state index in [0.29, 0.717) is 5.56 Å². The second-order valence-electron chi connectivity index (χ2n) is 2.58. The van der Waals surface area contributed by atoms with Gasteiger partial charge in [-0.15, -0.1) is 0 Å². The molecule has 0 fully saturated rings. The Balaban J connectivity index is 3.56. The molecule has 0 aromatic heterocycles. The zero-order valence-electron chi connectivity index (χ0n) is 6.77. The van der Waals surface area contributed by atoms with Crippen LogP contribution >= 0.6 is 11.6 Å². The molecule has 1 aromatic rings. The van der Waals surface area contributed by atoms with E-state index in [4.69, 9.17) is 22.4 Å². The largest absolute Gasteiger partial charge is 0.478 e. The van der Waals surface area contributed by atoms with Crippen molar-refractivity contribution in [3.63, 3.8) is 0 Å². The first-order valence-corrected chi connectivity index (χ1v) is 3.80. The van der Waals surface area contributed by atoms with Crippen molar-refractivity contribution in [3.8, 4) is 0 Å². The lowest BCUT2D eigenvalue weighted by Crippen LogP contribution is -2.06. The number of hydrogen-bond donors (Lipinski definition) is 2. The molecule has 13 heavy (non-hydrogen) atoms. The summed E-state index contributed by atoms with van der Waals surface area (Å²) in [5.41, 5.74) is 4.76. The molecular formula is C8H7ClFNO2. The van der Waals surface area contributed by atoms with Crippen LogP contribution in [0.5, 0.6) is 0 Å². The third-order valence-corrected chi connectivity index (χ3v) is 2.14. The van der Waals surface area contributed by atoms with Crippen LogP contribution in [0, 0.1) is 12.7 Å². The van der Waals surface area contributed by atoms with Crippen molar-refractivity contribution >= 4 is 23.3 Å². The smallest absolute Gasteiger partial charge is 0.339 e. The van der Waals surface area contributed by atoms with Gasteiger partial charge < -0.3 is 10.8 Å². The van der Waals surface area contributed by atoms with Gasteiger partial charge in [0, 0.05) is 0 Å². The monoisotopic (exact) mass is 203 g/mol. The highest BCUT2D eigenvalue weighted by Gasteiger charge is 2.18. The highest BCUT2D eigenvalue weighted by atomic mass is 35.5. The van der Waals surface area contributed by atoms with Gasteiger partial charge in [0.1, 0.15) is 11.4 Å². The zero-order valence-corrected chi connectivity index (χ0v) is 7.52. The molecule has 0 bridgehead atoms. The van der Waals surface area contributed by atoms with Crippen LogP contribution in [-0.4, -0.2) is 11.1 Å². The molecule has 0 atom stereocenters. The third-order valence-electron chi connectivity index (χ3n) is 1.65. The lowest BCUT2D eigenvalue weighted by Gasteiger charge is -2.06.